The molecule has 0 fully saturated rings. The number of aromatic nitrogens is 2. The van der Waals surface area contributed by atoms with Crippen molar-refractivity contribution in [3.63, 3.8) is 0 Å². The molecule has 0 bridgehead atoms. The van der Waals surface area contributed by atoms with Gasteiger partial charge >= 0.3 is 0 Å². The molecule has 0 spiro atoms. The Morgan fingerprint density at radius 1 is 0.508 bits per heavy atom. The van der Waals surface area contributed by atoms with Gasteiger partial charge in [-0.05, 0) is 170 Å². The van der Waals surface area contributed by atoms with E-state index < -0.39 is 0 Å². The Balaban J connectivity index is 1.21. The van der Waals surface area contributed by atoms with Crippen LogP contribution in [0, 0.1) is 0 Å². The molecule has 0 radical (unpaired) electrons. The molecule has 4 heterocycles. The lowest BCUT2D eigenvalue weighted by Gasteiger charge is -2.26. The van der Waals surface area contributed by atoms with Crippen LogP contribution < -0.4 is 9.80 Å². The number of benzene rings is 6. The Kier molecular flexibility index (Phi) is 9.88. The van der Waals surface area contributed by atoms with E-state index in [2.05, 4.69) is 227 Å². The molecule has 0 amide bonds. The predicted octanol–water partition coefficient (Wildman–Crippen LogP) is 16.6. The van der Waals surface area contributed by atoms with Crippen molar-refractivity contribution in [2.24, 2.45) is 0 Å². The highest BCUT2D eigenvalue weighted by Gasteiger charge is 2.24. The fourth-order valence-electron chi connectivity index (χ4n) is 8.62. The fraction of sp³-hybridized carbons (Fsp3) is 0.0545. The molecule has 4 aromatic heterocycles. The average molecular weight is 825 g/mol. The summed E-state index contributed by atoms with van der Waals surface area (Å²) in [6.07, 6.45) is 10.1. The topological polar surface area (TPSA) is 16.3 Å². The monoisotopic (exact) mass is 824 g/mol. The molecule has 296 valence electrons. The normalized spacial score (nSPS) is 12.2. The second-order valence-corrected chi connectivity index (χ2v) is 17.4. The molecule has 0 aliphatic rings. The van der Waals surface area contributed by atoms with Crippen LogP contribution in [-0.2, 0) is 0 Å². The Morgan fingerprint density at radius 2 is 0.967 bits per heavy atom. The highest BCUT2D eigenvalue weighted by molar-refractivity contribution is 7.17. The summed E-state index contributed by atoms with van der Waals surface area (Å²) < 4.78 is 7.52. The van der Waals surface area contributed by atoms with E-state index in [0.717, 1.165) is 45.5 Å². The molecule has 0 saturated heterocycles. The first-order valence-corrected chi connectivity index (χ1v) is 22.2. The van der Waals surface area contributed by atoms with E-state index in [1.54, 1.807) is 22.7 Å². The second-order valence-electron chi connectivity index (χ2n) is 15.5. The van der Waals surface area contributed by atoms with E-state index in [4.69, 9.17) is 0 Å². The van der Waals surface area contributed by atoms with Gasteiger partial charge in [-0.25, -0.2) is 0 Å². The zero-order valence-electron chi connectivity index (χ0n) is 34.4. The van der Waals surface area contributed by atoms with Crippen molar-refractivity contribution < 1.29 is 0 Å². The van der Waals surface area contributed by atoms with E-state index in [0.29, 0.717) is 0 Å². The average Bonchev–Trinajstić information content (AvgIpc) is 4.08. The molecular formula is C55H44N4S2. The summed E-state index contributed by atoms with van der Waals surface area (Å²) in [6, 6.07) is 53.1. The Bertz CT molecular complexity index is 3340. The van der Waals surface area contributed by atoms with Crippen LogP contribution in [0.15, 0.2) is 217 Å². The van der Waals surface area contributed by atoms with E-state index in [1.807, 2.05) is 12.2 Å². The zero-order chi connectivity index (χ0) is 41.6. The summed E-state index contributed by atoms with van der Waals surface area (Å²) in [5.41, 5.74) is 14.6. The summed E-state index contributed by atoms with van der Waals surface area (Å²) in [5.74, 6) is 0. The van der Waals surface area contributed by atoms with Gasteiger partial charge in [-0.15, -0.1) is 22.7 Å². The number of para-hydroxylation sites is 2. The van der Waals surface area contributed by atoms with Gasteiger partial charge in [-0.2, -0.15) is 0 Å². The van der Waals surface area contributed by atoms with Gasteiger partial charge in [-0.1, -0.05) is 67.3 Å². The highest BCUT2D eigenvalue weighted by atomic mass is 32.1. The van der Waals surface area contributed by atoms with Crippen LogP contribution in [0.5, 0.6) is 0 Å². The molecule has 61 heavy (non-hydrogen) atoms. The minimum atomic E-state index is 1.00. The van der Waals surface area contributed by atoms with Gasteiger partial charge in [0.25, 0.3) is 0 Å². The van der Waals surface area contributed by atoms with Gasteiger partial charge in [0.05, 0.1) is 22.1 Å². The van der Waals surface area contributed by atoms with Crippen LogP contribution in [0.4, 0.5) is 22.7 Å². The first-order valence-electron chi connectivity index (χ1n) is 20.5. The van der Waals surface area contributed by atoms with Crippen LogP contribution in [0.2, 0.25) is 0 Å². The number of rotatable bonds is 11. The van der Waals surface area contributed by atoms with Crippen molar-refractivity contribution in [2.45, 2.75) is 20.8 Å². The lowest BCUT2D eigenvalue weighted by Crippen LogP contribution is -2.15. The number of hydrogen-bond acceptors (Lipinski definition) is 4. The van der Waals surface area contributed by atoms with Crippen LogP contribution in [0.25, 0.3) is 64.4 Å². The van der Waals surface area contributed by atoms with Gasteiger partial charge < -0.3 is 18.9 Å². The molecule has 0 saturated carbocycles. The third-order valence-electron chi connectivity index (χ3n) is 11.3. The molecule has 4 nitrogen and oxygen atoms in total. The maximum absolute atomic E-state index is 4.22. The standard InChI is InChI=1S/C55H44N4S2/c1-6-14-38(5)56(42-15-10-8-11-16-42)44-21-25-46(26-22-44)58-50-33-39-29-31-60-52(39)35-48(50)55-54(58)49-36-53-40(30-32-61-53)34-51(49)59(55)47-27-23-45(24-28-47)57(43-17-12-9-13-18-43)41(7-2)20-19-37(3)4/h6-36H,1-2H2,3-5H3/b38-14+,41-20+. The maximum atomic E-state index is 4.22. The quantitative estimate of drug-likeness (QED) is 0.121. The Labute approximate surface area is 364 Å². The number of hydrogen-bond donors (Lipinski definition) is 0. The second kappa shape index (κ2) is 15.8. The summed E-state index contributed by atoms with van der Waals surface area (Å²) in [6.45, 7) is 14.6. The van der Waals surface area contributed by atoms with Gasteiger partial charge in [-0.3, -0.25) is 0 Å². The molecular weight excluding hydrogens is 781 g/mol. The highest BCUT2D eigenvalue weighted by Crippen LogP contribution is 2.45. The van der Waals surface area contributed by atoms with E-state index >= 15 is 0 Å². The SMILES string of the molecule is C=C/C=C(\C)N(c1ccccc1)c1ccc(-n2c3cc4ccsc4cc3c3c2c2cc4sccc4cc2n3-c2ccc(N(/C(C=C)=C/C=C(C)C)c3ccccc3)cc2)cc1. The van der Waals surface area contributed by atoms with E-state index in [9.17, 15) is 0 Å². The van der Waals surface area contributed by atoms with E-state index in [1.165, 1.54) is 58.6 Å². The van der Waals surface area contributed by atoms with E-state index in [-0.39, 0.29) is 0 Å². The molecule has 0 atom stereocenters. The lowest BCUT2D eigenvalue weighted by atomic mass is 10.1. The lowest BCUT2D eigenvalue weighted by molar-refractivity contribution is 1.14. The van der Waals surface area contributed by atoms with Crippen molar-refractivity contribution in [3.05, 3.63) is 217 Å². The summed E-state index contributed by atoms with van der Waals surface area (Å²) in [5, 5.41) is 9.33. The molecule has 0 aliphatic carbocycles. The van der Waals surface area contributed by atoms with Crippen molar-refractivity contribution in [2.75, 3.05) is 9.80 Å². The van der Waals surface area contributed by atoms with Gasteiger partial charge in [0.15, 0.2) is 0 Å². The Morgan fingerprint density at radius 3 is 1.43 bits per heavy atom. The summed E-state index contributed by atoms with van der Waals surface area (Å²) >= 11 is 3.59. The molecule has 10 aromatic rings. The summed E-state index contributed by atoms with van der Waals surface area (Å²) in [7, 11) is 0. The molecule has 6 aromatic carbocycles. The number of thiophene rings is 2. The van der Waals surface area contributed by atoms with Gasteiger partial charge in [0, 0.05) is 65.7 Å². The number of allylic oxidation sites excluding steroid dienone is 7. The van der Waals surface area contributed by atoms with Crippen LogP contribution >= 0.6 is 22.7 Å². The molecule has 0 unspecified atom stereocenters. The van der Waals surface area contributed by atoms with Crippen LogP contribution in [0.1, 0.15) is 20.8 Å². The zero-order valence-corrected chi connectivity index (χ0v) is 36.1. The van der Waals surface area contributed by atoms with Crippen LogP contribution in [0.3, 0.4) is 0 Å². The largest absolute Gasteiger partial charge is 0.315 e. The predicted molar refractivity (Wildman–Crippen MR) is 267 cm³/mol. The first-order chi connectivity index (χ1) is 29.9. The fourth-order valence-corrected chi connectivity index (χ4v) is 10.2. The molecule has 6 heteroatoms. The smallest absolute Gasteiger partial charge is 0.0804 e. The third-order valence-corrected chi connectivity index (χ3v) is 13.1. The van der Waals surface area contributed by atoms with Gasteiger partial charge in [0.1, 0.15) is 0 Å². The molecule has 0 aliphatic heterocycles. The number of fused-ring (bicyclic) bond motifs is 7. The van der Waals surface area contributed by atoms with Crippen molar-refractivity contribution in [1.29, 1.82) is 0 Å². The number of nitrogens with zero attached hydrogens (tertiary/aromatic N) is 4. The van der Waals surface area contributed by atoms with Crippen LogP contribution in [-0.4, -0.2) is 9.13 Å². The minimum Gasteiger partial charge on any atom is -0.315 e. The summed E-state index contributed by atoms with van der Waals surface area (Å²) in [4.78, 5) is 4.55. The number of anilines is 4. The molecule has 0 N–H and O–H groups in total. The van der Waals surface area contributed by atoms with Gasteiger partial charge in [0.2, 0.25) is 0 Å². The third kappa shape index (κ3) is 6.71. The van der Waals surface area contributed by atoms with Crippen molar-refractivity contribution >= 4 is 98.4 Å². The minimum absolute atomic E-state index is 1.00. The first kappa shape index (κ1) is 38.1. The van der Waals surface area contributed by atoms with Crippen molar-refractivity contribution in [1.82, 2.24) is 9.13 Å². The van der Waals surface area contributed by atoms with Crippen molar-refractivity contribution in [3.8, 4) is 11.4 Å². The maximum Gasteiger partial charge on any atom is 0.0804 e. The molecule has 10 rings (SSSR count). The Hall–Kier alpha value is -7.12.